The number of ether oxygens (including phenoxy) is 1. The van der Waals surface area contributed by atoms with Gasteiger partial charge in [-0.05, 0) is 18.1 Å². The van der Waals surface area contributed by atoms with Gasteiger partial charge in [0.25, 0.3) is 0 Å². The molecule has 1 aromatic rings. The smallest absolute Gasteiger partial charge is 0.331 e. The summed E-state index contributed by atoms with van der Waals surface area (Å²) in [5.74, 6) is -0.238. The predicted octanol–water partition coefficient (Wildman–Crippen LogP) is 1.94. The van der Waals surface area contributed by atoms with Crippen molar-refractivity contribution in [1.29, 1.82) is 0 Å². The molecule has 0 fully saturated rings. The highest BCUT2D eigenvalue weighted by Crippen LogP contribution is 2.22. The molecule has 0 unspecified atom stereocenters. The predicted molar refractivity (Wildman–Crippen MR) is 50.1 cm³/mol. The number of cyclic esters (lactones) is 1. The van der Waals surface area contributed by atoms with Crippen LogP contribution in [0.2, 0.25) is 0 Å². The molecule has 0 aromatic heterocycles. The lowest BCUT2D eigenvalue weighted by Gasteiger charge is -2.03. The Morgan fingerprint density at radius 3 is 2.69 bits per heavy atom. The van der Waals surface area contributed by atoms with E-state index in [0.29, 0.717) is 6.61 Å². The third kappa shape index (κ3) is 1.47. The summed E-state index contributed by atoms with van der Waals surface area (Å²) in [6.45, 7) is 2.43. The number of hydrogen-bond acceptors (Lipinski definition) is 2. The van der Waals surface area contributed by atoms with Crippen LogP contribution >= 0.6 is 0 Å². The van der Waals surface area contributed by atoms with E-state index in [1.54, 1.807) is 6.08 Å². The molecule has 0 aliphatic carbocycles. The number of hydrogen-bond donors (Lipinski definition) is 0. The molecule has 2 heteroatoms. The minimum absolute atomic E-state index is 0.238. The second kappa shape index (κ2) is 3.05. The molecule has 13 heavy (non-hydrogen) atoms. The Morgan fingerprint density at radius 1 is 1.31 bits per heavy atom. The number of carbonyl (C=O) groups is 1. The summed E-state index contributed by atoms with van der Waals surface area (Å²) in [6, 6.07) is 7.98. The molecule has 0 radical (unpaired) electrons. The lowest BCUT2D eigenvalue weighted by atomic mass is 10.0. The SMILES string of the molecule is Cc1ccccc1C1=CC(=O)OC1. The maximum Gasteiger partial charge on any atom is 0.331 e. The Balaban J connectivity index is 2.41. The minimum atomic E-state index is -0.238. The third-order valence-electron chi connectivity index (χ3n) is 2.15. The van der Waals surface area contributed by atoms with Crippen LogP contribution in [0, 0.1) is 6.92 Å². The van der Waals surface area contributed by atoms with Crippen molar-refractivity contribution in [3.8, 4) is 0 Å². The van der Waals surface area contributed by atoms with Crippen LogP contribution in [0.5, 0.6) is 0 Å². The van der Waals surface area contributed by atoms with Gasteiger partial charge in [0.15, 0.2) is 0 Å². The molecule has 2 rings (SSSR count). The number of carbonyl (C=O) groups excluding carboxylic acids is 1. The van der Waals surface area contributed by atoms with Gasteiger partial charge in [0.2, 0.25) is 0 Å². The highest BCUT2D eigenvalue weighted by atomic mass is 16.5. The van der Waals surface area contributed by atoms with Crippen molar-refractivity contribution in [3.05, 3.63) is 41.5 Å². The van der Waals surface area contributed by atoms with Crippen LogP contribution < -0.4 is 0 Å². The molecular formula is C11H10O2. The first-order valence-corrected chi connectivity index (χ1v) is 4.21. The van der Waals surface area contributed by atoms with Gasteiger partial charge in [-0.3, -0.25) is 0 Å². The Morgan fingerprint density at radius 2 is 2.08 bits per heavy atom. The van der Waals surface area contributed by atoms with Crippen molar-refractivity contribution < 1.29 is 9.53 Å². The molecule has 0 bridgehead atoms. The molecule has 0 amide bonds. The molecule has 1 aromatic carbocycles. The quantitative estimate of drug-likeness (QED) is 0.608. The van der Waals surface area contributed by atoms with Crippen LogP contribution in [0.3, 0.4) is 0 Å². The van der Waals surface area contributed by atoms with Crippen molar-refractivity contribution in [2.45, 2.75) is 6.92 Å². The zero-order chi connectivity index (χ0) is 9.26. The highest BCUT2D eigenvalue weighted by molar-refractivity contribution is 5.96. The number of esters is 1. The van der Waals surface area contributed by atoms with E-state index in [0.717, 1.165) is 11.1 Å². The fraction of sp³-hybridized carbons (Fsp3) is 0.182. The van der Waals surface area contributed by atoms with Crippen LogP contribution in [0.15, 0.2) is 30.3 Å². The van der Waals surface area contributed by atoms with Crippen molar-refractivity contribution in [2.24, 2.45) is 0 Å². The largest absolute Gasteiger partial charge is 0.458 e. The van der Waals surface area contributed by atoms with Gasteiger partial charge in [0.05, 0.1) is 0 Å². The van der Waals surface area contributed by atoms with E-state index in [1.165, 1.54) is 5.56 Å². The first kappa shape index (κ1) is 8.05. The van der Waals surface area contributed by atoms with Gasteiger partial charge in [0, 0.05) is 11.6 Å². The van der Waals surface area contributed by atoms with Crippen LogP contribution in [0.25, 0.3) is 5.57 Å². The van der Waals surface area contributed by atoms with E-state index in [4.69, 9.17) is 4.74 Å². The monoisotopic (exact) mass is 174 g/mol. The lowest BCUT2D eigenvalue weighted by Crippen LogP contribution is -1.92. The molecule has 1 heterocycles. The summed E-state index contributed by atoms with van der Waals surface area (Å²) in [5, 5.41) is 0. The van der Waals surface area contributed by atoms with E-state index >= 15 is 0 Å². The highest BCUT2D eigenvalue weighted by Gasteiger charge is 2.15. The van der Waals surface area contributed by atoms with Crippen LogP contribution in [0.4, 0.5) is 0 Å². The van der Waals surface area contributed by atoms with Crippen molar-refractivity contribution >= 4 is 11.5 Å². The first-order chi connectivity index (χ1) is 6.27. The van der Waals surface area contributed by atoms with Gasteiger partial charge in [-0.25, -0.2) is 4.79 Å². The summed E-state index contributed by atoms with van der Waals surface area (Å²) in [4.78, 5) is 10.8. The second-order valence-corrected chi connectivity index (χ2v) is 3.09. The molecule has 1 aliphatic rings. The van der Waals surface area contributed by atoms with Crippen molar-refractivity contribution in [1.82, 2.24) is 0 Å². The molecule has 2 nitrogen and oxygen atoms in total. The molecule has 1 aliphatic heterocycles. The van der Waals surface area contributed by atoms with Gasteiger partial charge >= 0.3 is 5.97 Å². The number of aryl methyl sites for hydroxylation is 1. The maximum atomic E-state index is 10.8. The molecule has 0 saturated heterocycles. The molecule has 0 N–H and O–H groups in total. The average Bonchev–Trinajstić information content (AvgIpc) is 2.53. The number of rotatable bonds is 1. The fourth-order valence-electron chi connectivity index (χ4n) is 1.46. The van der Waals surface area contributed by atoms with E-state index in [-0.39, 0.29) is 5.97 Å². The summed E-state index contributed by atoms with van der Waals surface area (Å²) in [6.07, 6.45) is 1.56. The summed E-state index contributed by atoms with van der Waals surface area (Å²) in [7, 11) is 0. The van der Waals surface area contributed by atoms with Gasteiger partial charge in [-0.2, -0.15) is 0 Å². The van der Waals surface area contributed by atoms with Crippen LogP contribution in [-0.4, -0.2) is 12.6 Å². The lowest BCUT2D eigenvalue weighted by molar-refractivity contribution is -0.134. The second-order valence-electron chi connectivity index (χ2n) is 3.09. The van der Waals surface area contributed by atoms with Crippen molar-refractivity contribution in [3.63, 3.8) is 0 Å². The Bertz CT molecular complexity index is 377. The van der Waals surface area contributed by atoms with Crippen LogP contribution in [-0.2, 0) is 9.53 Å². The molecule has 0 atom stereocenters. The van der Waals surface area contributed by atoms with E-state index in [9.17, 15) is 4.79 Å². The molecular weight excluding hydrogens is 164 g/mol. The molecule has 66 valence electrons. The average molecular weight is 174 g/mol. The van der Waals surface area contributed by atoms with Gasteiger partial charge < -0.3 is 4.74 Å². The van der Waals surface area contributed by atoms with E-state index < -0.39 is 0 Å². The summed E-state index contributed by atoms with van der Waals surface area (Å²) < 4.78 is 4.84. The topological polar surface area (TPSA) is 26.3 Å². The first-order valence-electron chi connectivity index (χ1n) is 4.21. The van der Waals surface area contributed by atoms with Gasteiger partial charge in [-0.15, -0.1) is 0 Å². The normalized spacial score (nSPS) is 15.5. The van der Waals surface area contributed by atoms with E-state index in [1.807, 2.05) is 31.2 Å². The summed E-state index contributed by atoms with van der Waals surface area (Å²) in [5.41, 5.74) is 3.25. The Kier molecular flexibility index (Phi) is 1.89. The Labute approximate surface area is 76.8 Å². The molecule has 0 saturated carbocycles. The van der Waals surface area contributed by atoms with Crippen molar-refractivity contribution in [2.75, 3.05) is 6.61 Å². The summed E-state index contributed by atoms with van der Waals surface area (Å²) >= 11 is 0. The molecule has 0 spiro atoms. The van der Waals surface area contributed by atoms with Gasteiger partial charge in [0.1, 0.15) is 6.61 Å². The fourth-order valence-corrected chi connectivity index (χ4v) is 1.46. The van der Waals surface area contributed by atoms with Gasteiger partial charge in [-0.1, -0.05) is 24.3 Å². The zero-order valence-electron chi connectivity index (χ0n) is 7.41. The number of benzene rings is 1. The Hall–Kier alpha value is -1.57. The maximum absolute atomic E-state index is 10.8. The third-order valence-corrected chi connectivity index (χ3v) is 2.15. The minimum Gasteiger partial charge on any atom is -0.458 e. The van der Waals surface area contributed by atoms with Crippen LogP contribution in [0.1, 0.15) is 11.1 Å². The standard InChI is InChI=1S/C11H10O2/c1-8-4-2-3-5-10(8)9-6-11(12)13-7-9/h2-6H,7H2,1H3. The zero-order valence-corrected chi connectivity index (χ0v) is 7.41. The van der Waals surface area contributed by atoms with E-state index in [2.05, 4.69) is 0 Å².